The highest BCUT2D eigenvalue weighted by Crippen LogP contribution is 2.16. The van der Waals surface area contributed by atoms with Crippen molar-refractivity contribution in [2.24, 2.45) is 0 Å². The van der Waals surface area contributed by atoms with Gasteiger partial charge in [-0.25, -0.2) is 0 Å². The Morgan fingerprint density at radius 2 is 0.843 bits per heavy atom. The molecule has 0 aliphatic heterocycles. The molecule has 0 heterocycles. The fourth-order valence-corrected chi connectivity index (χ4v) is 7.66. The van der Waals surface area contributed by atoms with Crippen molar-refractivity contribution < 1.29 is 28.0 Å². The predicted octanol–water partition coefficient (Wildman–Crippen LogP) is 11.9. The number of carbonyl (C=O) groups excluding carboxylic acids is 1. The summed E-state index contributed by atoms with van der Waals surface area (Å²) < 4.78 is 32.6. The van der Waals surface area contributed by atoms with Gasteiger partial charge in [0.1, 0.15) is 6.10 Å². The Bertz CT molecular complexity index is 880. The van der Waals surface area contributed by atoms with E-state index in [-0.39, 0.29) is 6.42 Å². The van der Waals surface area contributed by atoms with Crippen LogP contribution in [-0.4, -0.2) is 53.1 Å². The minimum absolute atomic E-state index is 0.286. The number of nitrogens with one attached hydrogen (secondary N) is 1. The molecule has 3 unspecified atom stereocenters. The van der Waals surface area contributed by atoms with Crippen LogP contribution >= 0.6 is 0 Å². The van der Waals surface area contributed by atoms with Crippen molar-refractivity contribution in [3.8, 4) is 0 Å². The van der Waals surface area contributed by atoms with Gasteiger partial charge < -0.3 is 15.5 Å². The minimum atomic E-state index is -4.44. The third-order valence-corrected chi connectivity index (χ3v) is 11.1. The van der Waals surface area contributed by atoms with Crippen molar-refractivity contribution in [1.82, 2.24) is 5.32 Å². The number of aliphatic hydroxyl groups is 2. The van der Waals surface area contributed by atoms with E-state index in [2.05, 4.69) is 19.2 Å². The first kappa shape index (κ1) is 50.0. The minimum Gasteiger partial charge on any atom is -0.387 e. The van der Waals surface area contributed by atoms with Gasteiger partial charge in [-0.2, -0.15) is 8.42 Å². The molecule has 7 nitrogen and oxygen atoms in total. The van der Waals surface area contributed by atoms with Gasteiger partial charge in [0, 0.05) is 0 Å². The van der Waals surface area contributed by atoms with Gasteiger partial charge >= 0.3 is 0 Å². The summed E-state index contributed by atoms with van der Waals surface area (Å²) in [6.07, 6.45) is 42.6. The molecule has 0 saturated carbocycles. The van der Waals surface area contributed by atoms with Crippen LogP contribution in [0.5, 0.6) is 0 Å². The Labute approximate surface area is 316 Å². The number of hydrogen-bond acceptors (Lipinski definition) is 5. The molecule has 0 aromatic heterocycles. The van der Waals surface area contributed by atoms with E-state index in [9.17, 15) is 28.0 Å². The maximum Gasteiger partial charge on any atom is 0.267 e. The summed E-state index contributed by atoms with van der Waals surface area (Å²) in [4.78, 5) is 12.6. The van der Waals surface area contributed by atoms with Crippen LogP contribution in [0.1, 0.15) is 232 Å². The van der Waals surface area contributed by atoms with Crippen molar-refractivity contribution in [2.45, 2.75) is 250 Å². The number of amides is 1. The summed E-state index contributed by atoms with van der Waals surface area (Å²) in [5.41, 5.74) is 0. The summed E-state index contributed by atoms with van der Waals surface area (Å²) in [6.45, 7) is 4.52. The van der Waals surface area contributed by atoms with Crippen molar-refractivity contribution in [3.63, 3.8) is 0 Å². The van der Waals surface area contributed by atoms with Crippen molar-refractivity contribution >= 4 is 16.0 Å². The molecule has 0 bridgehead atoms. The van der Waals surface area contributed by atoms with Gasteiger partial charge in [-0.05, 0) is 19.3 Å². The van der Waals surface area contributed by atoms with Crippen LogP contribution in [0.3, 0.4) is 0 Å². The maximum absolute atomic E-state index is 12.6. The number of aliphatic hydroxyl groups excluding tert-OH is 2. The molecule has 1 amide bonds. The normalized spacial score (nSPS) is 13.9. The predicted molar refractivity (Wildman–Crippen MR) is 218 cm³/mol. The van der Waals surface area contributed by atoms with Crippen LogP contribution in [0, 0.1) is 0 Å². The van der Waals surface area contributed by atoms with Crippen LogP contribution in [0.2, 0.25) is 0 Å². The average molecular weight is 744 g/mol. The number of unbranched alkanes of at least 4 members (excludes halogenated alkanes) is 31. The highest BCUT2D eigenvalue weighted by Gasteiger charge is 2.27. The molecule has 0 aliphatic carbocycles. The monoisotopic (exact) mass is 744 g/mol. The molecule has 0 rings (SSSR count). The molecule has 0 spiro atoms. The van der Waals surface area contributed by atoms with E-state index in [0.717, 1.165) is 38.5 Å². The number of hydrogen-bond donors (Lipinski definition) is 4. The lowest BCUT2D eigenvalue weighted by Gasteiger charge is -2.22. The van der Waals surface area contributed by atoms with E-state index in [4.69, 9.17) is 0 Å². The van der Waals surface area contributed by atoms with Crippen molar-refractivity contribution in [3.05, 3.63) is 12.2 Å². The Morgan fingerprint density at radius 1 is 0.529 bits per heavy atom. The Hall–Kier alpha value is -0.960. The second-order valence-corrected chi connectivity index (χ2v) is 17.0. The average Bonchev–Trinajstić information content (AvgIpc) is 3.09. The fraction of sp³-hybridized carbons (Fsp3) is 0.930. The fourth-order valence-electron chi connectivity index (χ4n) is 6.93. The molecule has 0 saturated heterocycles. The molecule has 3 atom stereocenters. The maximum atomic E-state index is 12.6. The van der Waals surface area contributed by atoms with E-state index < -0.39 is 40.0 Å². The smallest absolute Gasteiger partial charge is 0.267 e. The van der Waals surface area contributed by atoms with E-state index in [1.165, 1.54) is 173 Å². The van der Waals surface area contributed by atoms with Gasteiger partial charge in [0.15, 0.2) is 0 Å². The summed E-state index contributed by atoms with van der Waals surface area (Å²) in [6, 6.07) is -1.23. The first-order valence-corrected chi connectivity index (χ1v) is 23.6. The Kier molecular flexibility index (Phi) is 36.7. The van der Waals surface area contributed by atoms with E-state index >= 15 is 0 Å². The number of rotatable bonds is 40. The molecule has 0 radical (unpaired) electrons. The molecule has 0 aromatic rings. The number of carbonyl (C=O) groups is 1. The van der Waals surface area contributed by atoms with E-state index in [0.29, 0.717) is 6.42 Å². The zero-order valence-electron chi connectivity index (χ0n) is 33.6. The van der Waals surface area contributed by atoms with Gasteiger partial charge in [-0.3, -0.25) is 9.35 Å². The first-order chi connectivity index (χ1) is 24.7. The van der Waals surface area contributed by atoms with Crippen LogP contribution in [0.4, 0.5) is 0 Å². The second kappa shape index (κ2) is 37.4. The molecule has 304 valence electrons. The second-order valence-electron chi connectivity index (χ2n) is 15.5. The lowest BCUT2D eigenvalue weighted by Crippen LogP contribution is -2.50. The van der Waals surface area contributed by atoms with Crippen LogP contribution < -0.4 is 5.32 Å². The van der Waals surface area contributed by atoms with Gasteiger partial charge in [0.25, 0.3) is 10.1 Å². The lowest BCUT2D eigenvalue weighted by molar-refractivity contribution is -0.130. The van der Waals surface area contributed by atoms with E-state index in [1.807, 2.05) is 6.08 Å². The first-order valence-electron chi connectivity index (χ1n) is 22.0. The summed E-state index contributed by atoms with van der Waals surface area (Å²) in [5.74, 6) is -1.52. The molecular formula is C43H85NO6S. The van der Waals surface area contributed by atoms with E-state index in [1.54, 1.807) is 0 Å². The topological polar surface area (TPSA) is 124 Å². The zero-order valence-corrected chi connectivity index (χ0v) is 34.4. The van der Waals surface area contributed by atoms with Crippen molar-refractivity contribution in [1.29, 1.82) is 0 Å². The summed E-state index contributed by atoms with van der Waals surface area (Å²) in [5, 5.41) is 23.4. The molecule has 0 aliphatic rings. The van der Waals surface area contributed by atoms with Crippen LogP contribution in [0.25, 0.3) is 0 Å². The Balaban J connectivity index is 3.97. The van der Waals surface area contributed by atoms with Gasteiger partial charge in [0.2, 0.25) is 5.91 Å². The summed E-state index contributed by atoms with van der Waals surface area (Å²) in [7, 11) is -4.44. The lowest BCUT2D eigenvalue weighted by atomic mass is 10.0. The molecular weight excluding hydrogens is 659 g/mol. The third-order valence-electron chi connectivity index (χ3n) is 10.3. The largest absolute Gasteiger partial charge is 0.387 e. The molecule has 8 heteroatoms. The van der Waals surface area contributed by atoms with Crippen LogP contribution in [-0.2, 0) is 14.9 Å². The van der Waals surface area contributed by atoms with Gasteiger partial charge in [-0.1, -0.05) is 225 Å². The molecule has 0 fully saturated rings. The Morgan fingerprint density at radius 3 is 1.18 bits per heavy atom. The van der Waals surface area contributed by atoms with Crippen LogP contribution in [0.15, 0.2) is 12.2 Å². The SMILES string of the molecule is CCCCCCCCCCCCCCCCC/C=C/C(O)C(CS(=O)(=O)O)NC(=O)C(O)CCCCCCCCCCCCCCCCCCC. The quantitative estimate of drug-likeness (QED) is 0.0281. The standard InChI is InChI=1S/C43H85NO6S/c1-3-5-7-9-11-13-15-17-19-21-23-25-27-29-31-33-35-37-41(45)40(39-51(48,49)50)44-43(47)42(46)38-36-34-32-30-28-26-24-22-20-18-16-14-12-10-8-6-4-2/h35,37,40-42,45-46H,3-34,36,38-39H2,1-2H3,(H,44,47)(H,48,49,50)/b37-35+. The van der Waals surface area contributed by atoms with Gasteiger partial charge in [0.05, 0.1) is 17.9 Å². The molecule has 51 heavy (non-hydrogen) atoms. The highest BCUT2D eigenvalue weighted by molar-refractivity contribution is 7.85. The highest BCUT2D eigenvalue weighted by atomic mass is 32.2. The summed E-state index contributed by atoms with van der Waals surface area (Å²) >= 11 is 0. The number of allylic oxidation sites excluding steroid dienone is 1. The zero-order chi connectivity index (χ0) is 37.7. The molecule has 4 N–H and O–H groups in total. The van der Waals surface area contributed by atoms with Gasteiger partial charge in [-0.15, -0.1) is 0 Å². The molecule has 0 aromatic carbocycles. The van der Waals surface area contributed by atoms with Crippen molar-refractivity contribution in [2.75, 3.05) is 5.75 Å². The third kappa shape index (κ3) is 37.2.